The number of rotatable bonds is 6. The normalized spacial score (nSPS) is 10.3. The lowest BCUT2D eigenvalue weighted by Crippen LogP contribution is -2.21. The molecule has 0 aromatic carbocycles. The summed E-state index contributed by atoms with van der Waals surface area (Å²) in [6.07, 6.45) is -0.564. The number of hydrogen-bond acceptors (Lipinski definition) is 8. The number of amides is 3. The van der Waals surface area contributed by atoms with Gasteiger partial charge in [0.2, 0.25) is 5.91 Å². The SMILES string of the molecule is CCOC(=O)Nc1nc(CC(=O)Nc2nc(C)c(C(=O)N(C)C)s2)cs1. The van der Waals surface area contributed by atoms with E-state index in [4.69, 9.17) is 4.74 Å². The Morgan fingerprint density at radius 1 is 1.19 bits per heavy atom. The van der Waals surface area contributed by atoms with Crippen LogP contribution in [0.2, 0.25) is 0 Å². The molecule has 0 aliphatic carbocycles. The topological polar surface area (TPSA) is 114 Å². The quantitative estimate of drug-likeness (QED) is 0.773. The third-order valence-corrected chi connectivity index (χ3v) is 4.89. The molecule has 3 amide bonds. The van der Waals surface area contributed by atoms with Gasteiger partial charge in [-0.1, -0.05) is 11.3 Å². The first-order chi connectivity index (χ1) is 12.3. The van der Waals surface area contributed by atoms with Crippen LogP contribution >= 0.6 is 22.7 Å². The molecule has 0 aliphatic rings. The summed E-state index contributed by atoms with van der Waals surface area (Å²) in [4.78, 5) is 45.8. The number of aryl methyl sites for hydroxylation is 1. The van der Waals surface area contributed by atoms with Gasteiger partial charge in [-0.2, -0.15) is 0 Å². The van der Waals surface area contributed by atoms with Crippen LogP contribution in [0.15, 0.2) is 5.38 Å². The van der Waals surface area contributed by atoms with Crippen molar-refractivity contribution in [3.8, 4) is 0 Å². The number of carbonyl (C=O) groups excluding carboxylic acids is 3. The van der Waals surface area contributed by atoms with Crippen LogP contribution in [0.3, 0.4) is 0 Å². The van der Waals surface area contributed by atoms with E-state index in [0.717, 1.165) is 11.3 Å². The summed E-state index contributed by atoms with van der Waals surface area (Å²) < 4.78 is 4.76. The fourth-order valence-electron chi connectivity index (χ4n) is 1.88. The van der Waals surface area contributed by atoms with Crippen LogP contribution in [0.4, 0.5) is 15.1 Å². The van der Waals surface area contributed by atoms with Gasteiger partial charge >= 0.3 is 6.09 Å². The molecule has 0 radical (unpaired) electrons. The molecule has 0 spiro atoms. The number of anilines is 2. The Morgan fingerprint density at radius 2 is 1.92 bits per heavy atom. The van der Waals surface area contributed by atoms with E-state index < -0.39 is 6.09 Å². The van der Waals surface area contributed by atoms with Gasteiger partial charge in [0.1, 0.15) is 4.88 Å². The zero-order valence-electron chi connectivity index (χ0n) is 14.8. The Hall–Kier alpha value is -2.53. The summed E-state index contributed by atoms with van der Waals surface area (Å²) in [5, 5.41) is 7.54. The van der Waals surface area contributed by atoms with Gasteiger partial charge < -0.3 is 15.0 Å². The number of thiazole rings is 2. The predicted molar refractivity (Wildman–Crippen MR) is 100.0 cm³/mol. The number of nitrogens with one attached hydrogen (secondary N) is 2. The molecule has 0 bridgehead atoms. The third-order valence-electron chi connectivity index (χ3n) is 3.02. The van der Waals surface area contributed by atoms with Gasteiger partial charge in [0.05, 0.1) is 24.4 Å². The number of carbonyl (C=O) groups is 3. The standard InChI is InChI=1S/C15H19N5O4S2/c1-5-24-15(23)19-13-17-9(7-25-13)6-10(21)18-14-16-8(2)11(26-14)12(22)20(3)4/h7H,5-6H2,1-4H3,(H,16,18,21)(H,17,19,23). The lowest BCUT2D eigenvalue weighted by Gasteiger charge is -2.07. The van der Waals surface area contributed by atoms with E-state index in [9.17, 15) is 14.4 Å². The summed E-state index contributed by atoms with van der Waals surface area (Å²) in [5.74, 6) is -0.467. The highest BCUT2D eigenvalue weighted by molar-refractivity contribution is 7.17. The van der Waals surface area contributed by atoms with Crippen molar-refractivity contribution in [2.75, 3.05) is 31.3 Å². The van der Waals surface area contributed by atoms with Crippen molar-refractivity contribution >= 4 is 50.8 Å². The lowest BCUT2D eigenvalue weighted by molar-refractivity contribution is -0.115. The molecule has 0 saturated carbocycles. The molecular weight excluding hydrogens is 378 g/mol. The second kappa shape index (κ2) is 8.72. The zero-order valence-corrected chi connectivity index (χ0v) is 16.4. The van der Waals surface area contributed by atoms with E-state index in [1.807, 2.05) is 0 Å². The van der Waals surface area contributed by atoms with Crippen LogP contribution in [0.5, 0.6) is 0 Å². The molecule has 0 saturated heterocycles. The Kier molecular flexibility index (Phi) is 6.64. The van der Waals surface area contributed by atoms with Crippen LogP contribution in [-0.4, -0.2) is 53.5 Å². The zero-order chi connectivity index (χ0) is 19.3. The number of aromatic nitrogens is 2. The van der Waals surface area contributed by atoms with Gasteiger partial charge in [-0.05, 0) is 13.8 Å². The molecule has 2 aromatic heterocycles. The van der Waals surface area contributed by atoms with Crippen molar-refractivity contribution < 1.29 is 19.1 Å². The van der Waals surface area contributed by atoms with E-state index in [1.165, 1.54) is 16.2 Å². The fourth-order valence-corrected chi connectivity index (χ4v) is 3.58. The van der Waals surface area contributed by atoms with Crippen LogP contribution < -0.4 is 10.6 Å². The molecule has 2 aromatic rings. The first-order valence-electron chi connectivity index (χ1n) is 7.67. The molecule has 0 aliphatic heterocycles. The highest BCUT2D eigenvalue weighted by Gasteiger charge is 2.18. The highest BCUT2D eigenvalue weighted by Crippen LogP contribution is 2.24. The van der Waals surface area contributed by atoms with Crippen molar-refractivity contribution in [3.05, 3.63) is 21.6 Å². The second-order valence-electron chi connectivity index (χ2n) is 5.35. The summed E-state index contributed by atoms with van der Waals surface area (Å²) in [6.45, 7) is 3.68. The van der Waals surface area contributed by atoms with Crippen molar-refractivity contribution in [1.82, 2.24) is 14.9 Å². The summed E-state index contributed by atoms with van der Waals surface area (Å²) >= 11 is 2.33. The molecular formula is C15H19N5O4S2. The molecule has 0 atom stereocenters. The van der Waals surface area contributed by atoms with Gasteiger partial charge in [0, 0.05) is 19.5 Å². The average molecular weight is 397 g/mol. The monoisotopic (exact) mass is 397 g/mol. The summed E-state index contributed by atoms with van der Waals surface area (Å²) in [5.41, 5.74) is 1.08. The highest BCUT2D eigenvalue weighted by atomic mass is 32.1. The number of hydrogen-bond donors (Lipinski definition) is 2. The van der Waals surface area contributed by atoms with Gasteiger partial charge in [-0.15, -0.1) is 11.3 Å². The number of ether oxygens (including phenoxy) is 1. The lowest BCUT2D eigenvalue weighted by atomic mass is 10.3. The minimum atomic E-state index is -0.589. The van der Waals surface area contributed by atoms with E-state index in [-0.39, 0.29) is 24.8 Å². The smallest absolute Gasteiger partial charge is 0.413 e. The maximum Gasteiger partial charge on any atom is 0.413 e. The fraction of sp³-hybridized carbons (Fsp3) is 0.400. The molecule has 2 N–H and O–H groups in total. The average Bonchev–Trinajstić information content (AvgIpc) is 3.13. The van der Waals surface area contributed by atoms with Crippen molar-refractivity contribution in [2.45, 2.75) is 20.3 Å². The molecule has 2 rings (SSSR count). The largest absolute Gasteiger partial charge is 0.450 e. The number of nitrogens with zero attached hydrogens (tertiary/aromatic N) is 3. The Bertz CT molecular complexity index is 815. The molecule has 140 valence electrons. The van der Waals surface area contributed by atoms with E-state index in [2.05, 4.69) is 20.6 Å². The van der Waals surface area contributed by atoms with Crippen LogP contribution in [-0.2, 0) is 16.0 Å². The summed E-state index contributed by atoms with van der Waals surface area (Å²) in [7, 11) is 3.31. The minimum absolute atomic E-state index is 0.0244. The first-order valence-corrected chi connectivity index (χ1v) is 9.36. The van der Waals surface area contributed by atoms with Crippen molar-refractivity contribution in [3.63, 3.8) is 0 Å². The molecule has 9 nitrogen and oxygen atoms in total. The Morgan fingerprint density at radius 3 is 2.58 bits per heavy atom. The van der Waals surface area contributed by atoms with Gasteiger partial charge in [-0.25, -0.2) is 14.8 Å². The molecule has 26 heavy (non-hydrogen) atoms. The van der Waals surface area contributed by atoms with Crippen LogP contribution in [0, 0.1) is 6.92 Å². The van der Waals surface area contributed by atoms with E-state index >= 15 is 0 Å². The van der Waals surface area contributed by atoms with Crippen molar-refractivity contribution in [1.29, 1.82) is 0 Å². The second-order valence-corrected chi connectivity index (χ2v) is 7.20. The van der Waals surface area contributed by atoms with Gasteiger partial charge in [0.25, 0.3) is 5.91 Å². The minimum Gasteiger partial charge on any atom is -0.450 e. The Balaban J connectivity index is 1.95. The maximum atomic E-state index is 12.2. The van der Waals surface area contributed by atoms with Crippen LogP contribution in [0.1, 0.15) is 28.0 Å². The van der Waals surface area contributed by atoms with Gasteiger partial charge in [0.15, 0.2) is 10.3 Å². The molecule has 2 heterocycles. The van der Waals surface area contributed by atoms with Crippen LogP contribution in [0.25, 0.3) is 0 Å². The summed E-state index contributed by atoms with van der Waals surface area (Å²) in [6, 6.07) is 0. The van der Waals surface area contributed by atoms with E-state index in [0.29, 0.717) is 26.5 Å². The predicted octanol–water partition coefficient (Wildman–Crippen LogP) is 2.36. The third kappa shape index (κ3) is 5.23. The molecule has 11 heteroatoms. The maximum absolute atomic E-state index is 12.2. The van der Waals surface area contributed by atoms with Crippen molar-refractivity contribution in [2.24, 2.45) is 0 Å². The van der Waals surface area contributed by atoms with E-state index in [1.54, 1.807) is 33.3 Å². The first kappa shape index (κ1) is 19.8. The molecule has 0 fully saturated rings. The molecule has 0 unspecified atom stereocenters. The Labute approximate surface area is 158 Å². The van der Waals surface area contributed by atoms with Gasteiger partial charge in [-0.3, -0.25) is 14.9 Å².